The molecule has 3 aliphatic heterocycles. The summed E-state index contributed by atoms with van der Waals surface area (Å²) in [6.45, 7) is 5.37. The highest BCUT2D eigenvalue weighted by atomic mass is 35.5. The topological polar surface area (TPSA) is 258 Å². The Morgan fingerprint density at radius 2 is 0.651 bits per heavy atom. The van der Waals surface area contributed by atoms with Crippen molar-refractivity contribution in [1.29, 1.82) is 0 Å². The summed E-state index contributed by atoms with van der Waals surface area (Å²) in [4.78, 5) is 48.2. The van der Waals surface area contributed by atoms with Gasteiger partial charge in [0.2, 0.25) is 17.7 Å². The quantitative estimate of drug-likeness (QED) is 0.0301. The van der Waals surface area contributed by atoms with Crippen molar-refractivity contribution in [2.45, 2.75) is 71.3 Å². The molecule has 0 unspecified atom stereocenters. The average molecular weight is 1640 g/mol. The summed E-state index contributed by atoms with van der Waals surface area (Å²) in [6, 6.07) is 31.9. The fraction of sp³-hybridized carbons (Fsp3) is 0.480. The van der Waals surface area contributed by atoms with Gasteiger partial charge < -0.3 is 59.1 Å². The SMILES string of the molecule is CN1Cc2c(Cl)cc(Cl)cc2[C@H](c2cccc(S(=O)(=O)CCCOCCOCCNC(=O)CN(CC(=O)NCCOCCOCCCS(=O)(=O)c3cccc([C@@H]4CN(C)Cc5c(Cl)cc(Cl)cc54)c3)CC(=O)NCCOCCOCCCS(=O)(=O)c3cccc([C@@H]4CN(C)Cc5c(Cl)cc(Cl)cc54)c3)c2)C1. The fourth-order valence-corrected chi connectivity index (χ4v) is 19.0. The molecule has 0 spiro atoms. The number of rotatable bonds is 42. The molecular formula is C75H93Cl6N7O15S3. The number of nitrogens with zero attached hydrogens (tertiary/aromatic N) is 4. The standard InChI is InChI=1S/C75H93Cl6N7O15S3/c1-85-43-64(61-37-55(76)40-70(79)67(61)46-85)52-10-4-13-58(34-52)104(92,93)31-7-19-98-25-28-101-22-16-82-73(89)49-88(50-74(90)83-17-23-102-29-26-99-20-8-32-105(94,95)59-14-5-11-53(35-59)65-44-86(2)47-68-62(65)38-56(77)41-71(68)80)51-75(91)84-18-24-103-30-27-100-21-9-33-106(96,97)60-15-6-12-54(36-60)66-45-87(3)48-69-63(66)39-57(78)42-72(69)81/h4-6,10-15,34-42,64-66H,7-9,16-33,43-51H2,1-3H3,(H,82,89)(H,83,90)(H,84,91)/t64-,65-,66-/m0/s1. The molecule has 0 fully saturated rings. The van der Waals surface area contributed by atoms with Gasteiger partial charge in [-0.25, -0.2) is 25.3 Å². The Labute approximate surface area is 652 Å². The van der Waals surface area contributed by atoms with Crippen LogP contribution in [0.5, 0.6) is 0 Å². The first-order valence-corrected chi connectivity index (χ1v) is 42.4. The van der Waals surface area contributed by atoms with Gasteiger partial charge in [-0.15, -0.1) is 0 Å². The van der Waals surface area contributed by atoms with Crippen LogP contribution in [0.1, 0.15) is 87.1 Å². The van der Waals surface area contributed by atoms with E-state index in [0.29, 0.717) is 69.4 Å². The predicted octanol–water partition coefficient (Wildman–Crippen LogP) is 9.98. The molecule has 22 nitrogen and oxygen atoms in total. The maximum Gasteiger partial charge on any atom is 0.234 e. The first kappa shape index (κ1) is 84.9. The highest BCUT2D eigenvalue weighted by Crippen LogP contribution is 2.42. The minimum atomic E-state index is -3.64. The maximum atomic E-state index is 13.5. The molecule has 31 heteroatoms. The monoisotopic (exact) mass is 1640 g/mol. The molecule has 3 atom stereocenters. The Balaban J connectivity index is 0.657. The van der Waals surface area contributed by atoms with E-state index in [9.17, 15) is 39.6 Å². The number of amides is 3. The lowest BCUT2D eigenvalue weighted by Crippen LogP contribution is -2.48. The largest absolute Gasteiger partial charge is 0.379 e. The van der Waals surface area contributed by atoms with Gasteiger partial charge in [-0.1, -0.05) is 106 Å². The predicted molar refractivity (Wildman–Crippen MR) is 414 cm³/mol. The van der Waals surface area contributed by atoms with Crippen molar-refractivity contribution in [1.82, 2.24) is 35.6 Å². The lowest BCUT2D eigenvalue weighted by molar-refractivity contribution is -0.128. The Morgan fingerprint density at radius 3 is 0.925 bits per heavy atom. The molecule has 0 aliphatic carbocycles. The summed E-state index contributed by atoms with van der Waals surface area (Å²) in [5.74, 6) is -2.12. The average Bonchev–Trinajstić information content (AvgIpc) is 0.783. The number of fused-ring (bicyclic) bond motifs is 3. The third-order valence-corrected chi connectivity index (χ3v) is 25.4. The van der Waals surface area contributed by atoms with Gasteiger partial charge in [0, 0.05) is 127 Å². The van der Waals surface area contributed by atoms with Gasteiger partial charge in [0.15, 0.2) is 29.5 Å². The number of carbonyl (C=O) groups excluding carboxylic acids is 3. The highest BCUT2D eigenvalue weighted by molar-refractivity contribution is 7.92. The van der Waals surface area contributed by atoms with Gasteiger partial charge in [-0.2, -0.15) is 0 Å². The number of carbonyl (C=O) groups is 3. The minimum absolute atomic E-state index is 0.110. The van der Waals surface area contributed by atoms with Gasteiger partial charge in [0.05, 0.1) is 111 Å². The van der Waals surface area contributed by atoms with Crippen LogP contribution in [0.4, 0.5) is 0 Å². The van der Waals surface area contributed by atoms with E-state index in [-0.39, 0.29) is 188 Å². The molecule has 9 rings (SSSR count). The number of sulfone groups is 3. The summed E-state index contributed by atoms with van der Waals surface area (Å²) in [5.41, 5.74) is 8.43. The van der Waals surface area contributed by atoms with Crippen molar-refractivity contribution in [3.63, 3.8) is 0 Å². The minimum Gasteiger partial charge on any atom is -0.379 e. The van der Waals surface area contributed by atoms with Crippen LogP contribution in [0, 0.1) is 0 Å². The third kappa shape index (κ3) is 25.5. The Bertz CT molecular complexity index is 3910. The molecule has 0 saturated heterocycles. The van der Waals surface area contributed by atoms with Crippen LogP contribution >= 0.6 is 69.6 Å². The van der Waals surface area contributed by atoms with E-state index in [4.69, 9.17) is 98.0 Å². The second-order valence-corrected chi connectivity index (χ2v) is 35.6. The second kappa shape index (κ2) is 41.3. The number of benzene rings is 6. The number of hydrogen-bond acceptors (Lipinski definition) is 19. The molecule has 106 heavy (non-hydrogen) atoms. The zero-order valence-corrected chi connectivity index (χ0v) is 66.7. The zero-order chi connectivity index (χ0) is 76.0. The van der Waals surface area contributed by atoms with Crippen molar-refractivity contribution in [3.8, 4) is 0 Å². The highest BCUT2D eigenvalue weighted by Gasteiger charge is 2.32. The number of likely N-dealkylation sites (N-methyl/N-ethyl adjacent to an activating group) is 3. The Morgan fingerprint density at radius 1 is 0.387 bits per heavy atom. The number of halogens is 6. The summed E-state index contributed by atoms with van der Waals surface area (Å²) in [7, 11) is -4.92. The Kier molecular flexibility index (Phi) is 33.1. The lowest BCUT2D eigenvalue weighted by atomic mass is 9.85. The van der Waals surface area contributed by atoms with Crippen LogP contribution in [-0.4, -0.2) is 239 Å². The van der Waals surface area contributed by atoms with Crippen LogP contribution in [0.3, 0.4) is 0 Å². The number of nitrogens with one attached hydrogen (secondary N) is 3. The maximum absolute atomic E-state index is 13.5. The van der Waals surface area contributed by atoms with Crippen LogP contribution < -0.4 is 16.0 Å². The van der Waals surface area contributed by atoms with E-state index in [0.717, 1.165) is 50.1 Å². The molecule has 6 aromatic carbocycles. The first-order chi connectivity index (χ1) is 50.7. The van der Waals surface area contributed by atoms with E-state index in [1.165, 1.54) is 4.90 Å². The first-order valence-electron chi connectivity index (χ1n) is 35.2. The van der Waals surface area contributed by atoms with Crippen LogP contribution in [0.15, 0.2) is 124 Å². The third-order valence-electron chi connectivity index (χ3n) is 18.4. The molecule has 578 valence electrons. The van der Waals surface area contributed by atoms with E-state index in [2.05, 4.69) is 30.7 Å². The van der Waals surface area contributed by atoms with Gasteiger partial charge in [0.25, 0.3) is 0 Å². The van der Waals surface area contributed by atoms with Crippen molar-refractivity contribution in [2.24, 2.45) is 0 Å². The van der Waals surface area contributed by atoms with E-state index in [1.807, 2.05) is 57.5 Å². The fourth-order valence-electron chi connectivity index (χ4n) is 13.3. The molecule has 6 aromatic rings. The molecule has 0 saturated carbocycles. The van der Waals surface area contributed by atoms with Crippen LogP contribution in [0.25, 0.3) is 0 Å². The normalized spacial score (nSPS) is 16.5. The van der Waals surface area contributed by atoms with Crippen LogP contribution in [-0.2, 0) is 92.0 Å². The van der Waals surface area contributed by atoms with E-state index < -0.39 is 47.2 Å². The van der Waals surface area contributed by atoms with Crippen molar-refractivity contribution in [2.75, 3.05) is 177 Å². The summed E-state index contributed by atoms with van der Waals surface area (Å²) >= 11 is 38.9. The van der Waals surface area contributed by atoms with Gasteiger partial charge in [-0.3, -0.25) is 19.3 Å². The molecular weight excluding hydrogens is 1550 g/mol. The Hall–Kier alpha value is -5.08. The molecule has 0 aromatic heterocycles. The molecule has 3 amide bonds. The van der Waals surface area contributed by atoms with Crippen molar-refractivity contribution < 1.29 is 68.1 Å². The number of ether oxygens (including phenoxy) is 6. The summed E-state index contributed by atoms with van der Waals surface area (Å²) in [6.07, 6.45) is 0.768. The van der Waals surface area contributed by atoms with Crippen molar-refractivity contribution in [3.05, 3.63) is 189 Å². The second-order valence-electron chi connectivity index (χ2n) is 26.7. The van der Waals surface area contributed by atoms with Gasteiger partial charge in [-0.05, 0) is 163 Å². The summed E-state index contributed by atoms with van der Waals surface area (Å²) in [5, 5.41) is 11.6. The van der Waals surface area contributed by atoms with Gasteiger partial charge in [0.1, 0.15) is 0 Å². The van der Waals surface area contributed by atoms with Gasteiger partial charge >= 0.3 is 0 Å². The lowest BCUT2D eigenvalue weighted by Gasteiger charge is -2.33. The smallest absolute Gasteiger partial charge is 0.234 e. The zero-order valence-electron chi connectivity index (χ0n) is 59.7. The van der Waals surface area contributed by atoms with E-state index >= 15 is 0 Å². The molecule has 3 heterocycles. The molecule has 3 N–H and O–H groups in total. The molecule has 0 bridgehead atoms. The van der Waals surface area contributed by atoms with E-state index in [1.54, 1.807) is 72.8 Å². The molecule has 0 radical (unpaired) electrons. The van der Waals surface area contributed by atoms with Crippen molar-refractivity contribution >= 4 is 117 Å². The number of hydrogen-bond donors (Lipinski definition) is 3. The molecule has 3 aliphatic rings. The summed E-state index contributed by atoms with van der Waals surface area (Å²) < 4.78 is 115. The van der Waals surface area contributed by atoms with Crippen LogP contribution in [0.2, 0.25) is 30.1 Å².